The zero-order chi connectivity index (χ0) is 11.9. The smallest absolute Gasteiger partial charge is 0.241 e. The van der Waals surface area contributed by atoms with Gasteiger partial charge in [-0.25, -0.2) is 8.78 Å². The number of hydrogen-bond donors (Lipinski definition) is 1. The van der Waals surface area contributed by atoms with Crippen molar-refractivity contribution in [3.63, 3.8) is 0 Å². The van der Waals surface area contributed by atoms with E-state index in [1.165, 1.54) is 0 Å². The average molecular weight is 223 g/mol. The van der Waals surface area contributed by atoms with Crippen molar-refractivity contribution in [2.24, 2.45) is 5.73 Å². The number of halogens is 2. The van der Waals surface area contributed by atoms with E-state index in [-0.39, 0.29) is 23.1 Å². The predicted molar refractivity (Wildman–Crippen MR) is 52.5 cm³/mol. The van der Waals surface area contributed by atoms with Crippen LogP contribution in [0.15, 0.2) is 18.2 Å². The van der Waals surface area contributed by atoms with E-state index in [2.05, 4.69) is 0 Å². The van der Waals surface area contributed by atoms with Crippen LogP contribution in [0.5, 0.6) is 0 Å². The molecule has 0 bridgehead atoms. The van der Waals surface area contributed by atoms with Gasteiger partial charge < -0.3 is 5.73 Å². The monoisotopic (exact) mass is 223 g/mol. The first kappa shape index (κ1) is 10.5. The van der Waals surface area contributed by atoms with E-state index in [9.17, 15) is 18.4 Å². The lowest BCUT2D eigenvalue weighted by Crippen LogP contribution is -2.06. The van der Waals surface area contributed by atoms with E-state index in [0.29, 0.717) is 6.07 Å². The summed E-state index contributed by atoms with van der Waals surface area (Å²) in [6.45, 7) is 0. The maximum absolute atomic E-state index is 13.3. The third-order valence-electron chi connectivity index (χ3n) is 2.35. The van der Waals surface area contributed by atoms with E-state index >= 15 is 0 Å². The number of primary amides is 1. The lowest BCUT2D eigenvalue weighted by atomic mass is 10.1. The molecule has 2 rings (SSSR count). The number of hydrogen-bond acceptors (Lipinski definition) is 2. The maximum Gasteiger partial charge on any atom is 0.241 e. The van der Waals surface area contributed by atoms with Crippen molar-refractivity contribution in [2.45, 2.75) is 6.42 Å². The Labute approximate surface area is 89.6 Å². The van der Waals surface area contributed by atoms with Crippen LogP contribution < -0.4 is 5.73 Å². The van der Waals surface area contributed by atoms with Gasteiger partial charge in [-0.3, -0.25) is 9.59 Å². The molecule has 0 aliphatic heterocycles. The number of Topliss-reactive ketones (excluding diaryl/α,β-unsaturated/α-hetero) is 1. The topological polar surface area (TPSA) is 60.2 Å². The number of ketones is 1. The van der Waals surface area contributed by atoms with Crippen LogP contribution in [0.2, 0.25) is 0 Å². The van der Waals surface area contributed by atoms with Crippen LogP contribution >= 0.6 is 0 Å². The van der Waals surface area contributed by atoms with Gasteiger partial charge in [0, 0.05) is 18.6 Å². The van der Waals surface area contributed by atoms with Gasteiger partial charge in [-0.05, 0) is 17.2 Å². The highest BCUT2D eigenvalue weighted by Crippen LogP contribution is 2.34. The van der Waals surface area contributed by atoms with Gasteiger partial charge in [-0.2, -0.15) is 0 Å². The largest absolute Gasteiger partial charge is 0.366 e. The number of benzene rings is 1. The van der Waals surface area contributed by atoms with Gasteiger partial charge in [-0.1, -0.05) is 0 Å². The van der Waals surface area contributed by atoms with Crippen molar-refractivity contribution in [3.05, 3.63) is 41.0 Å². The second kappa shape index (κ2) is 3.52. The van der Waals surface area contributed by atoms with Crippen LogP contribution in [-0.4, -0.2) is 11.7 Å². The number of amides is 1. The normalized spacial score (nSPS) is 16.6. The van der Waals surface area contributed by atoms with Crippen molar-refractivity contribution in [3.8, 4) is 0 Å². The molecule has 2 N–H and O–H groups in total. The molecule has 1 aliphatic rings. The van der Waals surface area contributed by atoms with Gasteiger partial charge in [-0.15, -0.1) is 0 Å². The van der Waals surface area contributed by atoms with Crippen molar-refractivity contribution >= 4 is 17.3 Å². The Morgan fingerprint density at radius 1 is 1.38 bits per heavy atom. The third kappa shape index (κ3) is 1.60. The van der Waals surface area contributed by atoms with Crippen LogP contribution in [0, 0.1) is 11.6 Å². The maximum atomic E-state index is 13.3. The Bertz CT molecular complexity index is 535. The van der Waals surface area contributed by atoms with Crippen molar-refractivity contribution < 1.29 is 18.4 Å². The molecule has 3 nitrogen and oxygen atoms in total. The number of fused-ring (bicyclic) bond motifs is 1. The van der Waals surface area contributed by atoms with Gasteiger partial charge in [0.1, 0.15) is 11.6 Å². The van der Waals surface area contributed by atoms with Crippen molar-refractivity contribution in [2.75, 3.05) is 0 Å². The zero-order valence-electron chi connectivity index (χ0n) is 8.09. The Morgan fingerprint density at radius 2 is 2.06 bits per heavy atom. The Balaban J connectivity index is 2.66. The molecule has 0 radical (unpaired) electrons. The second-order valence-corrected chi connectivity index (χ2v) is 3.48. The minimum Gasteiger partial charge on any atom is -0.366 e. The molecule has 0 atom stereocenters. The van der Waals surface area contributed by atoms with E-state index in [1.807, 2.05) is 0 Å². The van der Waals surface area contributed by atoms with Gasteiger partial charge in [0.15, 0.2) is 5.78 Å². The summed E-state index contributed by atoms with van der Waals surface area (Å²) in [6, 6.07) is 1.67. The fourth-order valence-corrected chi connectivity index (χ4v) is 1.77. The number of allylic oxidation sites excluding steroid dienone is 1. The molecule has 0 saturated carbocycles. The minimum absolute atomic E-state index is 0.112. The molecule has 1 aromatic rings. The molecule has 1 aromatic carbocycles. The first-order valence-corrected chi connectivity index (χ1v) is 4.51. The second-order valence-electron chi connectivity index (χ2n) is 3.48. The molecule has 5 heteroatoms. The molecule has 0 saturated heterocycles. The predicted octanol–water partition coefficient (Wildman–Crippen LogP) is 1.42. The lowest BCUT2D eigenvalue weighted by molar-refractivity contribution is -0.113. The van der Waals surface area contributed by atoms with E-state index in [0.717, 1.165) is 12.1 Å². The standard InChI is InChI=1S/C11H7F2NO2/c12-6-3-7-5(2-10(14)16)1-9(15)11(7)8(13)4-6/h2-4H,1H2,(H2,14,16)/b5-2-. The molecule has 0 unspecified atom stereocenters. The highest BCUT2D eigenvalue weighted by molar-refractivity contribution is 6.14. The quantitative estimate of drug-likeness (QED) is 0.732. The summed E-state index contributed by atoms with van der Waals surface area (Å²) in [5.41, 5.74) is 5.13. The van der Waals surface area contributed by atoms with Crippen molar-refractivity contribution in [1.82, 2.24) is 0 Å². The summed E-state index contributed by atoms with van der Waals surface area (Å²) in [5, 5.41) is 0. The van der Waals surface area contributed by atoms with E-state index in [4.69, 9.17) is 5.73 Å². The van der Waals surface area contributed by atoms with Gasteiger partial charge in [0.05, 0.1) is 5.56 Å². The fourth-order valence-electron chi connectivity index (χ4n) is 1.77. The molecule has 1 aliphatic carbocycles. The molecule has 1 amide bonds. The molecule has 82 valence electrons. The molecule has 16 heavy (non-hydrogen) atoms. The molecular formula is C11H7F2NO2. The summed E-state index contributed by atoms with van der Waals surface area (Å²) in [4.78, 5) is 22.1. The minimum atomic E-state index is -0.909. The summed E-state index contributed by atoms with van der Waals surface area (Å²) >= 11 is 0. The Morgan fingerprint density at radius 3 is 2.69 bits per heavy atom. The van der Waals surface area contributed by atoms with Crippen LogP contribution in [0.3, 0.4) is 0 Å². The van der Waals surface area contributed by atoms with Gasteiger partial charge in [0.2, 0.25) is 5.91 Å². The Kier molecular flexibility index (Phi) is 2.30. The SMILES string of the molecule is NC(=O)/C=C1/CC(=O)c2c(F)cc(F)cc21. The lowest BCUT2D eigenvalue weighted by Gasteiger charge is -2.00. The van der Waals surface area contributed by atoms with Gasteiger partial charge >= 0.3 is 0 Å². The summed E-state index contributed by atoms with van der Waals surface area (Å²) < 4.78 is 26.3. The first-order valence-electron chi connectivity index (χ1n) is 4.51. The number of carbonyl (C=O) groups excluding carboxylic acids is 2. The molecule has 0 aromatic heterocycles. The molecule has 0 heterocycles. The van der Waals surface area contributed by atoms with Crippen LogP contribution in [0.4, 0.5) is 8.78 Å². The average Bonchev–Trinajstić information content (AvgIpc) is 2.41. The Hall–Kier alpha value is -2.04. The van der Waals surface area contributed by atoms with Crippen LogP contribution in [0.25, 0.3) is 5.57 Å². The fraction of sp³-hybridized carbons (Fsp3) is 0.0909. The molecular weight excluding hydrogens is 216 g/mol. The van der Waals surface area contributed by atoms with Crippen LogP contribution in [0.1, 0.15) is 22.3 Å². The summed E-state index contributed by atoms with van der Waals surface area (Å²) in [7, 11) is 0. The van der Waals surface area contributed by atoms with Crippen LogP contribution in [-0.2, 0) is 4.79 Å². The third-order valence-corrected chi connectivity index (χ3v) is 2.35. The summed E-state index contributed by atoms with van der Waals surface area (Å²) in [6.07, 6.45) is 0.890. The van der Waals surface area contributed by atoms with E-state index < -0.39 is 23.3 Å². The van der Waals surface area contributed by atoms with Crippen molar-refractivity contribution in [1.29, 1.82) is 0 Å². The number of nitrogens with two attached hydrogens (primary N) is 1. The van der Waals surface area contributed by atoms with E-state index in [1.54, 1.807) is 0 Å². The summed E-state index contributed by atoms with van der Waals surface area (Å²) in [5.74, 6) is -2.92. The first-order chi connectivity index (χ1) is 7.49. The highest BCUT2D eigenvalue weighted by atomic mass is 19.1. The zero-order valence-corrected chi connectivity index (χ0v) is 8.09. The number of carbonyl (C=O) groups is 2. The molecule has 0 fully saturated rings. The molecule has 0 spiro atoms. The highest BCUT2D eigenvalue weighted by Gasteiger charge is 2.28. The van der Waals surface area contributed by atoms with Gasteiger partial charge in [0.25, 0.3) is 0 Å². The number of rotatable bonds is 1.